The van der Waals surface area contributed by atoms with Crippen molar-refractivity contribution in [3.8, 4) is 5.82 Å². The Balaban J connectivity index is 2.30. The summed E-state index contributed by atoms with van der Waals surface area (Å²) in [5, 5.41) is 3.98. The van der Waals surface area contributed by atoms with E-state index in [9.17, 15) is 18.0 Å². The van der Waals surface area contributed by atoms with Crippen LogP contribution in [0, 0.1) is 0 Å². The van der Waals surface area contributed by atoms with Crippen molar-refractivity contribution >= 4 is 17.3 Å². The number of halogens is 3. The molecule has 2 rings (SSSR count). The van der Waals surface area contributed by atoms with Crippen molar-refractivity contribution in [2.75, 3.05) is 7.11 Å². The van der Waals surface area contributed by atoms with Crippen LogP contribution in [0.5, 0.6) is 0 Å². The minimum absolute atomic E-state index is 0.00229. The summed E-state index contributed by atoms with van der Waals surface area (Å²) >= 11 is 0.462. The highest BCUT2D eigenvalue weighted by Crippen LogP contribution is 2.32. The van der Waals surface area contributed by atoms with Crippen molar-refractivity contribution in [2.24, 2.45) is 0 Å². The van der Waals surface area contributed by atoms with Crippen LogP contribution in [0.15, 0.2) is 17.8 Å². The van der Waals surface area contributed by atoms with E-state index in [2.05, 4.69) is 14.8 Å². The molecule has 0 aliphatic heterocycles. The van der Waals surface area contributed by atoms with Gasteiger partial charge < -0.3 is 4.74 Å². The highest BCUT2D eigenvalue weighted by molar-refractivity contribution is 7.10. The van der Waals surface area contributed by atoms with E-state index in [4.69, 9.17) is 0 Å². The lowest BCUT2D eigenvalue weighted by Crippen LogP contribution is -2.05. The fraction of sp³-hybridized carbons (Fsp3) is 0.222. The molecule has 96 valence electrons. The first-order valence-corrected chi connectivity index (χ1v) is 5.46. The molecular formula is C9H6F3N3O2S. The molecule has 0 saturated carbocycles. The average molecular weight is 277 g/mol. The zero-order valence-corrected chi connectivity index (χ0v) is 9.75. The molecule has 0 amide bonds. The zero-order valence-electron chi connectivity index (χ0n) is 8.93. The van der Waals surface area contributed by atoms with Gasteiger partial charge in [-0.25, -0.2) is 14.5 Å². The van der Waals surface area contributed by atoms with Gasteiger partial charge in [0.05, 0.1) is 18.9 Å². The third-order valence-electron chi connectivity index (χ3n) is 1.97. The molecule has 5 nitrogen and oxygen atoms in total. The van der Waals surface area contributed by atoms with Gasteiger partial charge >= 0.3 is 12.1 Å². The Morgan fingerprint density at radius 1 is 1.50 bits per heavy atom. The Labute approximate surface area is 103 Å². The fourth-order valence-electron chi connectivity index (χ4n) is 1.17. The lowest BCUT2D eigenvalue weighted by Gasteiger charge is -1.99. The number of carbonyl (C=O) groups excluding carboxylic acids is 1. The first kappa shape index (κ1) is 12.6. The second kappa shape index (κ2) is 4.41. The van der Waals surface area contributed by atoms with Gasteiger partial charge in [-0.3, -0.25) is 0 Å². The van der Waals surface area contributed by atoms with Crippen molar-refractivity contribution in [3.63, 3.8) is 0 Å². The molecule has 0 N–H and O–H groups in total. The van der Waals surface area contributed by atoms with Gasteiger partial charge in [-0.05, 0) is 0 Å². The summed E-state index contributed by atoms with van der Waals surface area (Å²) < 4.78 is 42.6. The van der Waals surface area contributed by atoms with E-state index in [0.29, 0.717) is 11.3 Å². The number of hydrogen-bond acceptors (Lipinski definition) is 5. The predicted molar refractivity (Wildman–Crippen MR) is 55.6 cm³/mol. The Morgan fingerprint density at radius 2 is 2.22 bits per heavy atom. The minimum atomic E-state index is -4.48. The highest BCUT2D eigenvalue weighted by atomic mass is 32.1. The topological polar surface area (TPSA) is 57.0 Å². The van der Waals surface area contributed by atoms with Gasteiger partial charge in [-0.1, -0.05) is 0 Å². The first-order valence-electron chi connectivity index (χ1n) is 4.58. The number of carbonyl (C=O) groups is 1. The first-order chi connectivity index (χ1) is 8.41. The zero-order chi connectivity index (χ0) is 13.3. The Bertz CT molecular complexity index is 576. The van der Waals surface area contributed by atoms with E-state index in [-0.39, 0.29) is 11.4 Å². The monoisotopic (exact) mass is 277 g/mol. The molecule has 0 radical (unpaired) electrons. The van der Waals surface area contributed by atoms with Gasteiger partial charge in [0.2, 0.25) is 0 Å². The molecule has 2 aromatic heterocycles. The Kier molecular flexibility index (Phi) is 3.07. The lowest BCUT2D eigenvalue weighted by molar-refractivity contribution is -0.137. The number of thiazole rings is 1. The van der Waals surface area contributed by atoms with Crippen molar-refractivity contribution in [3.05, 3.63) is 28.3 Å². The summed E-state index contributed by atoms with van der Waals surface area (Å²) in [5.74, 6) is -0.616. The fourth-order valence-corrected chi connectivity index (χ4v) is 1.83. The largest absolute Gasteiger partial charge is 0.465 e. The van der Waals surface area contributed by atoms with Gasteiger partial charge in [0.15, 0.2) is 10.8 Å². The van der Waals surface area contributed by atoms with Gasteiger partial charge in [0.25, 0.3) is 0 Å². The number of methoxy groups -OCH3 is 1. The molecule has 0 spiro atoms. The molecule has 18 heavy (non-hydrogen) atoms. The van der Waals surface area contributed by atoms with Crippen molar-refractivity contribution in [2.45, 2.75) is 6.18 Å². The van der Waals surface area contributed by atoms with Crippen LogP contribution in [0.25, 0.3) is 5.82 Å². The molecule has 0 aromatic carbocycles. The number of aromatic nitrogens is 3. The third-order valence-corrected chi connectivity index (χ3v) is 2.85. The normalized spacial score (nSPS) is 11.6. The molecule has 2 heterocycles. The van der Waals surface area contributed by atoms with Crippen LogP contribution < -0.4 is 0 Å². The number of esters is 1. The van der Waals surface area contributed by atoms with E-state index in [1.165, 1.54) is 24.9 Å². The van der Waals surface area contributed by atoms with Gasteiger partial charge in [0.1, 0.15) is 0 Å². The van der Waals surface area contributed by atoms with Crippen LogP contribution in [0.4, 0.5) is 13.2 Å². The molecule has 0 aliphatic rings. The summed E-state index contributed by atoms with van der Waals surface area (Å²) in [4.78, 5) is 14.5. The highest BCUT2D eigenvalue weighted by Gasteiger charge is 2.34. The van der Waals surface area contributed by atoms with E-state index < -0.39 is 17.2 Å². The summed E-state index contributed by atoms with van der Waals surface area (Å²) in [6, 6.07) is 0. The SMILES string of the molecule is COC(=O)c1cnn(-c2csc(C(F)(F)F)n2)c1. The van der Waals surface area contributed by atoms with E-state index >= 15 is 0 Å². The summed E-state index contributed by atoms with van der Waals surface area (Å²) in [6.45, 7) is 0. The number of ether oxygens (including phenoxy) is 1. The second-order valence-electron chi connectivity index (χ2n) is 3.17. The molecule has 0 fully saturated rings. The van der Waals surface area contributed by atoms with Crippen LogP contribution in [0.2, 0.25) is 0 Å². The van der Waals surface area contributed by atoms with Crippen LogP contribution in [0.3, 0.4) is 0 Å². The van der Waals surface area contributed by atoms with E-state index in [0.717, 1.165) is 4.68 Å². The Morgan fingerprint density at radius 3 is 2.78 bits per heavy atom. The van der Waals surface area contributed by atoms with Gasteiger partial charge in [0, 0.05) is 11.6 Å². The van der Waals surface area contributed by atoms with Crippen LogP contribution in [0.1, 0.15) is 15.4 Å². The molecule has 0 aliphatic carbocycles. The third kappa shape index (κ3) is 2.35. The quantitative estimate of drug-likeness (QED) is 0.789. The summed E-state index contributed by atoms with van der Waals surface area (Å²) in [6.07, 6.45) is -2.04. The maximum Gasteiger partial charge on any atom is 0.443 e. The standard InChI is InChI=1S/C9H6F3N3O2S/c1-17-7(16)5-2-13-15(3-5)6-4-18-8(14-6)9(10,11)12/h2-4H,1H3. The molecule has 0 bridgehead atoms. The minimum Gasteiger partial charge on any atom is -0.465 e. The smallest absolute Gasteiger partial charge is 0.443 e. The van der Waals surface area contributed by atoms with Gasteiger partial charge in [-0.2, -0.15) is 18.3 Å². The van der Waals surface area contributed by atoms with Crippen molar-refractivity contribution in [1.29, 1.82) is 0 Å². The second-order valence-corrected chi connectivity index (χ2v) is 4.03. The predicted octanol–water partition coefficient (Wildman–Crippen LogP) is 2.13. The number of rotatable bonds is 2. The molecule has 2 aromatic rings. The average Bonchev–Trinajstić information content (AvgIpc) is 2.94. The number of alkyl halides is 3. The van der Waals surface area contributed by atoms with Gasteiger partial charge in [-0.15, -0.1) is 11.3 Å². The summed E-state index contributed by atoms with van der Waals surface area (Å²) in [5.41, 5.74) is 0.138. The maximum atomic E-state index is 12.3. The number of nitrogens with zero attached hydrogens (tertiary/aromatic N) is 3. The summed E-state index contributed by atoms with van der Waals surface area (Å²) in [7, 11) is 1.20. The lowest BCUT2D eigenvalue weighted by atomic mass is 10.4. The van der Waals surface area contributed by atoms with Crippen molar-refractivity contribution < 1.29 is 22.7 Å². The Hall–Kier alpha value is -1.90. The molecule has 0 unspecified atom stereocenters. The van der Waals surface area contributed by atoms with Crippen LogP contribution in [-0.4, -0.2) is 27.8 Å². The molecule has 0 saturated heterocycles. The van der Waals surface area contributed by atoms with E-state index in [1.54, 1.807) is 0 Å². The molecule has 0 atom stereocenters. The number of hydrogen-bond donors (Lipinski definition) is 0. The van der Waals surface area contributed by atoms with Crippen LogP contribution in [-0.2, 0) is 10.9 Å². The van der Waals surface area contributed by atoms with E-state index in [1.807, 2.05) is 0 Å². The maximum absolute atomic E-state index is 12.3. The molecular weight excluding hydrogens is 271 g/mol. The van der Waals surface area contributed by atoms with Crippen LogP contribution >= 0.6 is 11.3 Å². The van der Waals surface area contributed by atoms with Crippen molar-refractivity contribution in [1.82, 2.24) is 14.8 Å². The molecule has 9 heteroatoms.